The highest BCUT2D eigenvalue weighted by atomic mass is 16.5. The SMILES string of the molecule is CCCN(CCCCOCc1ccccc1)C(=O)c1ccc(C)cc1C(=O)O. The largest absolute Gasteiger partial charge is 0.478 e. The Hall–Kier alpha value is -2.66. The molecule has 0 bridgehead atoms. The Bertz CT molecular complexity index is 773. The maximum absolute atomic E-state index is 12.9. The zero-order valence-electron chi connectivity index (χ0n) is 16.7. The summed E-state index contributed by atoms with van der Waals surface area (Å²) in [7, 11) is 0. The monoisotopic (exact) mass is 383 g/mol. The molecular formula is C23H29NO4. The van der Waals surface area contributed by atoms with Crippen molar-refractivity contribution in [2.75, 3.05) is 19.7 Å². The minimum Gasteiger partial charge on any atom is -0.478 e. The lowest BCUT2D eigenvalue weighted by molar-refractivity contribution is 0.0671. The second-order valence-corrected chi connectivity index (χ2v) is 6.89. The van der Waals surface area contributed by atoms with Crippen molar-refractivity contribution in [2.45, 2.75) is 39.7 Å². The van der Waals surface area contributed by atoms with E-state index in [0.29, 0.717) is 26.3 Å². The van der Waals surface area contributed by atoms with Crippen LogP contribution >= 0.6 is 0 Å². The minimum absolute atomic E-state index is 0.0669. The molecule has 0 saturated heterocycles. The van der Waals surface area contributed by atoms with Crippen LogP contribution < -0.4 is 0 Å². The number of unbranched alkanes of at least 4 members (excludes halogenated alkanes) is 1. The first-order valence-electron chi connectivity index (χ1n) is 9.77. The average molecular weight is 383 g/mol. The Morgan fingerprint density at radius 3 is 2.43 bits per heavy atom. The van der Waals surface area contributed by atoms with E-state index in [9.17, 15) is 14.7 Å². The molecule has 150 valence electrons. The fraction of sp³-hybridized carbons (Fsp3) is 0.391. The van der Waals surface area contributed by atoms with E-state index in [2.05, 4.69) is 0 Å². The van der Waals surface area contributed by atoms with Gasteiger partial charge in [0.15, 0.2) is 0 Å². The molecule has 2 aromatic carbocycles. The van der Waals surface area contributed by atoms with Crippen molar-refractivity contribution in [3.8, 4) is 0 Å². The molecular weight excluding hydrogens is 354 g/mol. The molecule has 0 aliphatic heterocycles. The van der Waals surface area contributed by atoms with E-state index in [0.717, 1.165) is 30.4 Å². The summed E-state index contributed by atoms with van der Waals surface area (Å²) in [6.07, 6.45) is 2.49. The number of rotatable bonds is 11. The van der Waals surface area contributed by atoms with Gasteiger partial charge in [-0.1, -0.05) is 48.9 Å². The van der Waals surface area contributed by atoms with Gasteiger partial charge in [-0.2, -0.15) is 0 Å². The smallest absolute Gasteiger partial charge is 0.336 e. The maximum Gasteiger partial charge on any atom is 0.336 e. The third-order valence-electron chi connectivity index (χ3n) is 4.49. The van der Waals surface area contributed by atoms with Gasteiger partial charge in [0.25, 0.3) is 5.91 Å². The highest BCUT2D eigenvalue weighted by molar-refractivity contribution is 6.04. The third-order valence-corrected chi connectivity index (χ3v) is 4.49. The molecule has 0 fully saturated rings. The molecule has 28 heavy (non-hydrogen) atoms. The standard InChI is InChI=1S/C23H29NO4/c1-3-13-24(14-7-8-15-28-17-19-9-5-4-6-10-19)22(25)20-12-11-18(2)16-21(20)23(26)27/h4-6,9-12,16H,3,7-8,13-15,17H2,1-2H3,(H,26,27). The molecule has 0 unspecified atom stereocenters. The lowest BCUT2D eigenvalue weighted by Gasteiger charge is -2.23. The van der Waals surface area contributed by atoms with Crippen molar-refractivity contribution < 1.29 is 19.4 Å². The van der Waals surface area contributed by atoms with Crippen molar-refractivity contribution >= 4 is 11.9 Å². The van der Waals surface area contributed by atoms with Crippen molar-refractivity contribution in [1.29, 1.82) is 0 Å². The van der Waals surface area contributed by atoms with E-state index in [-0.39, 0.29) is 17.0 Å². The van der Waals surface area contributed by atoms with Gasteiger partial charge < -0.3 is 14.7 Å². The maximum atomic E-state index is 12.9. The molecule has 0 spiro atoms. The van der Waals surface area contributed by atoms with E-state index in [1.165, 1.54) is 0 Å². The summed E-state index contributed by atoms with van der Waals surface area (Å²) < 4.78 is 5.69. The minimum atomic E-state index is -1.07. The Labute approximate surface area is 166 Å². The normalized spacial score (nSPS) is 10.6. The first-order valence-corrected chi connectivity index (χ1v) is 9.77. The molecule has 5 nitrogen and oxygen atoms in total. The quantitative estimate of drug-likeness (QED) is 0.579. The highest BCUT2D eigenvalue weighted by Gasteiger charge is 2.21. The first kappa shape index (κ1) is 21.6. The molecule has 0 aromatic heterocycles. The van der Waals surface area contributed by atoms with Gasteiger partial charge in [0.05, 0.1) is 17.7 Å². The summed E-state index contributed by atoms with van der Waals surface area (Å²) in [5.74, 6) is -1.29. The van der Waals surface area contributed by atoms with Gasteiger partial charge in [-0.3, -0.25) is 4.79 Å². The van der Waals surface area contributed by atoms with Crippen LogP contribution in [0, 0.1) is 6.92 Å². The fourth-order valence-electron chi connectivity index (χ4n) is 3.05. The number of amides is 1. The summed E-state index contributed by atoms with van der Waals surface area (Å²) in [6, 6.07) is 15.0. The predicted molar refractivity (Wildman–Crippen MR) is 110 cm³/mol. The summed E-state index contributed by atoms with van der Waals surface area (Å²) in [6.45, 7) is 6.25. The molecule has 1 N–H and O–H groups in total. The van der Waals surface area contributed by atoms with Gasteiger partial charge in [-0.15, -0.1) is 0 Å². The number of nitrogens with zero attached hydrogens (tertiary/aromatic N) is 1. The number of benzene rings is 2. The molecule has 2 aromatic rings. The van der Waals surface area contributed by atoms with Crippen molar-refractivity contribution in [1.82, 2.24) is 4.90 Å². The first-order chi connectivity index (χ1) is 13.5. The van der Waals surface area contributed by atoms with Crippen LogP contribution in [0.5, 0.6) is 0 Å². The van der Waals surface area contributed by atoms with Gasteiger partial charge in [0.1, 0.15) is 0 Å². The third kappa shape index (κ3) is 6.50. The lowest BCUT2D eigenvalue weighted by Crippen LogP contribution is -2.34. The van der Waals surface area contributed by atoms with Gasteiger partial charge >= 0.3 is 5.97 Å². The van der Waals surface area contributed by atoms with E-state index >= 15 is 0 Å². The number of aromatic carboxylic acids is 1. The number of carbonyl (C=O) groups is 2. The van der Waals surface area contributed by atoms with Gasteiger partial charge in [-0.25, -0.2) is 4.79 Å². The molecule has 0 atom stereocenters. The molecule has 5 heteroatoms. The Kier molecular flexibility index (Phi) is 8.69. The number of aryl methyl sites for hydroxylation is 1. The number of hydrogen-bond donors (Lipinski definition) is 1. The number of carbonyl (C=O) groups excluding carboxylic acids is 1. The Balaban J connectivity index is 1.87. The zero-order chi connectivity index (χ0) is 20.4. The summed E-state index contributed by atoms with van der Waals surface area (Å²) in [5, 5.41) is 9.43. The Morgan fingerprint density at radius 1 is 1.00 bits per heavy atom. The molecule has 0 radical (unpaired) electrons. The number of carboxylic acid groups (broad SMARTS) is 1. The summed E-state index contributed by atoms with van der Waals surface area (Å²) in [4.78, 5) is 26.2. The van der Waals surface area contributed by atoms with Crippen LogP contribution in [0.3, 0.4) is 0 Å². The summed E-state index contributed by atoms with van der Waals surface area (Å²) >= 11 is 0. The molecule has 0 heterocycles. The average Bonchev–Trinajstić information content (AvgIpc) is 2.70. The van der Waals surface area contributed by atoms with E-state index in [1.54, 1.807) is 23.1 Å². The highest BCUT2D eigenvalue weighted by Crippen LogP contribution is 2.15. The molecule has 2 rings (SSSR count). The summed E-state index contributed by atoms with van der Waals surface area (Å²) in [5.41, 5.74) is 2.29. The van der Waals surface area contributed by atoms with Crippen molar-refractivity contribution in [2.24, 2.45) is 0 Å². The van der Waals surface area contributed by atoms with Crippen LogP contribution in [-0.4, -0.2) is 41.6 Å². The van der Waals surface area contributed by atoms with Crippen molar-refractivity contribution in [3.05, 3.63) is 70.8 Å². The van der Waals surface area contributed by atoms with E-state index in [4.69, 9.17) is 4.74 Å². The van der Waals surface area contributed by atoms with Crippen LogP contribution in [-0.2, 0) is 11.3 Å². The second-order valence-electron chi connectivity index (χ2n) is 6.89. The van der Waals surface area contributed by atoms with Gasteiger partial charge in [0.2, 0.25) is 0 Å². The lowest BCUT2D eigenvalue weighted by atomic mass is 10.0. The fourth-order valence-corrected chi connectivity index (χ4v) is 3.05. The van der Waals surface area contributed by atoms with Crippen LogP contribution in [0.15, 0.2) is 48.5 Å². The molecule has 0 saturated carbocycles. The number of carboxylic acids is 1. The van der Waals surface area contributed by atoms with Gasteiger partial charge in [0, 0.05) is 19.7 Å². The number of ether oxygens (including phenoxy) is 1. The predicted octanol–water partition coefficient (Wildman–Crippen LogP) is 4.54. The number of hydrogen-bond acceptors (Lipinski definition) is 3. The topological polar surface area (TPSA) is 66.8 Å². The van der Waals surface area contributed by atoms with E-state index in [1.807, 2.05) is 44.2 Å². The Morgan fingerprint density at radius 2 is 1.75 bits per heavy atom. The van der Waals surface area contributed by atoms with Crippen LogP contribution in [0.1, 0.15) is 58.0 Å². The molecule has 1 amide bonds. The second kappa shape index (κ2) is 11.2. The van der Waals surface area contributed by atoms with E-state index < -0.39 is 5.97 Å². The zero-order valence-corrected chi connectivity index (χ0v) is 16.7. The van der Waals surface area contributed by atoms with Crippen LogP contribution in [0.2, 0.25) is 0 Å². The van der Waals surface area contributed by atoms with Gasteiger partial charge in [-0.05, 0) is 43.9 Å². The van der Waals surface area contributed by atoms with Crippen molar-refractivity contribution in [3.63, 3.8) is 0 Å². The molecule has 0 aliphatic rings. The van der Waals surface area contributed by atoms with Crippen LogP contribution in [0.25, 0.3) is 0 Å². The van der Waals surface area contributed by atoms with Crippen LogP contribution in [0.4, 0.5) is 0 Å². The molecule has 0 aliphatic carbocycles.